The minimum atomic E-state index is -0.752. The van der Waals surface area contributed by atoms with Gasteiger partial charge in [-0.1, -0.05) is 0 Å². The summed E-state index contributed by atoms with van der Waals surface area (Å²) in [5.74, 6) is -0.639. The number of likely N-dealkylation sites (tertiary alicyclic amines) is 1. The number of rotatable bonds is 4. The highest BCUT2D eigenvalue weighted by Gasteiger charge is 2.25. The van der Waals surface area contributed by atoms with Crippen LogP contribution < -0.4 is 0 Å². The Kier molecular flexibility index (Phi) is 3.92. The molecule has 1 fully saturated rings. The van der Waals surface area contributed by atoms with Gasteiger partial charge in [-0.15, -0.1) is 0 Å². The zero-order valence-corrected chi connectivity index (χ0v) is 8.53. The summed E-state index contributed by atoms with van der Waals surface area (Å²) in [5, 5.41) is 8.48. The summed E-state index contributed by atoms with van der Waals surface area (Å²) in [6.07, 6.45) is 3.79. The maximum Gasteiger partial charge on any atom is 0.303 e. The number of carboxylic acids is 1. The number of carboxylic acid groups (broad SMARTS) is 1. The van der Waals surface area contributed by atoms with E-state index in [-0.39, 0.29) is 18.4 Å². The molecule has 0 bridgehead atoms. The zero-order chi connectivity index (χ0) is 10.6. The van der Waals surface area contributed by atoms with Crippen molar-refractivity contribution in [3.8, 4) is 0 Å². The van der Waals surface area contributed by atoms with E-state index in [4.69, 9.17) is 5.11 Å². The Bertz CT molecular complexity index is 227. The molecule has 1 heterocycles. The van der Waals surface area contributed by atoms with Crippen molar-refractivity contribution in [2.24, 2.45) is 0 Å². The monoisotopic (exact) mass is 199 g/mol. The fraction of sp³-hybridized carbons (Fsp3) is 0.800. The van der Waals surface area contributed by atoms with Crippen molar-refractivity contribution in [1.82, 2.24) is 4.90 Å². The van der Waals surface area contributed by atoms with Gasteiger partial charge >= 0.3 is 5.97 Å². The summed E-state index contributed by atoms with van der Waals surface area (Å²) in [4.78, 5) is 23.3. The quantitative estimate of drug-likeness (QED) is 0.741. The van der Waals surface area contributed by atoms with Crippen LogP contribution in [0.15, 0.2) is 0 Å². The molecule has 1 saturated heterocycles. The molecule has 14 heavy (non-hydrogen) atoms. The first-order chi connectivity index (χ1) is 6.61. The lowest BCUT2D eigenvalue weighted by Gasteiger charge is -2.22. The van der Waals surface area contributed by atoms with Crippen LogP contribution in [-0.4, -0.2) is 34.5 Å². The summed E-state index contributed by atoms with van der Waals surface area (Å²) in [7, 11) is 0. The van der Waals surface area contributed by atoms with Crippen LogP contribution in [0.2, 0.25) is 0 Å². The Morgan fingerprint density at radius 1 is 1.50 bits per heavy atom. The average Bonchev–Trinajstić information content (AvgIpc) is 2.51. The number of amides is 1. The molecule has 0 spiro atoms. The second-order valence-electron chi connectivity index (χ2n) is 3.79. The minimum absolute atomic E-state index is 0.114. The van der Waals surface area contributed by atoms with E-state index in [2.05, 4.69) is 0 Å². The standard InChI is InChI=1S/C10H17NO3/c1-8(12)11-7-3-5-9(11)4-2-6-10(13)14/h9H,2-7H2,1H3,(H,13,14). The minimum Gasteiger partial charge on any atom is -0.481 e. The van der Waals surface area contributed by atoms with Gasteiger partial charge in [0.25, 0.3) is 0 Å². The summed E-state index contributed by atoms with van der Waals surface area (Å²) >= 11 is 0. The summed E-state index contributed by atoms with van der Waals surface area (Å²) in [6, 6.07) is 0.284. The SMILES string of the molecule is CC(=O)N1CCCC1CCCC(=O)O. The molecule has 4 nitrogen and oxygen atoms in total. The topological polar surface area (TPSA) is 57.6 Å². The predicted octanol–water partition coefficient (Wildman–Crippen LogP) is 1.25. The lowest BCUT2D eigenvalue weighted by Crippen LogP contribution is -2.33. The van der Waals surface area contributed by atoms with Gasteiger partial charge in [0.1, 0.15) is 0 Å². The highest BCUT2D eigenvalue weighted by Crippen LogP contribution is 2.21. The summed E-state index contributed by atoms with van der Waals surface area (Å²) in [6.45, 7) is 2.42. The maximum absolute atomic E-state index is 11.2. The summed E-state index contributed by atoms with van der Waals surface area (Å²) in [5.41, 5.74) is 0. The van der Waals surface area contributed by atoms with Crippen LogP contribution in [0.25, 0.3) is 0 Å². The third-order valence-electron chi connectivity index (χ3n) is 2.71. The molecule has 1 aliphatic rings. The molecule has 80 valence electrons. The van der Waals surface area contributed by atoms with E-state index in [0.29, 0.717) is 6.42 Å². The van der Waals surface area contributed by atoms with E-state index in [0.717, 1.165) is 25.8 Å². The lowest BCUT2D eigenvalue weighted by atomic mass is 10.1. The number of carbonyl (C=O) groups is 2. The third kappa shape index (κ3) is 3.01. The molecule has 0 aliphatic carbocycles. The van der Waals surface area contributed by atoms with Crippen molar-refractivity contribution in [3.05, 3.63) is 0 Å². The van der Waals surface area contributed by atoms with Crippen LogP contribution in [0.4, 0.5) is 0 Å². The fourth-order valence-corrected chi connectivity index (χ4v) is 2.04. The number of hydrogen-bond donors (Lipinski definition) is 1. The van der Waals surface area contributed by atoms with Crippen LogP contribution in [0.1, 0.15) is 39.0 Å². The molecule has 0 aromatic rings. The van der Waals surface area contributed by atoms with Gasteiger partial charge in [-0.05, 0) is 25.7 Å². The molecular weight excluding hydrogens is 182 g/mol. The van der Waals surface area contributed by atoms with Gasteiger partial charge in [0.05, 0.1) is 0 Å². The van der Waals surface area contributed by atoms with Gasteiger partial charge in [0.2, 0.25) is 5.91 Å². The van der Waals surface area contributed by atoms with Crippen LogP contribution in [-0.2, 0) is 9.59 Å². The van der Waals surface area contributed by atoms with E-state index in [1.165, 1.54) is 0 Å². The summed E-state index contributed by atoms with van der Waals surface area (Å²) < 4.78 is 0. The Morgan fingerprint density at radius 3 is 2.79 bits per heavy atom. The molecule has 1 amide bonds. The van der Waals surface area contributed by atoms with Crippen molar-refractivity contribution < 1.29 is 14.7 Å². The van der Waals surface area contributed by atoms with E-state index in [9.17, 15) is 9.59 Å². The molecule has 1 atom stereocenters. The van der Waals surface area contributed by atoms with Crippen LogP contribution in [0.3, 0.4) is 0 Å². The van der Waals surface area contributed by atoms with Gasteiger partial charge in [-0.2, -0.15) is 0 Å². The molecule has 1 rings (SSSR count). The molecule has 4 heteroatoms. The van der Waals surface area contributed by atoms with Crippen LogP contribution >= 0.6 is 0 Å². The molecule has 0 saturated carbocycles. The van der Waals surface area contributed by atoms with Crippen molar-refractivity contribution >= 4 is 11.9 Å². The van der Waals surface area contributed by atoms with Gasteiger partial charge in [0.15, 0.2) is 0 Å². The molecule has 0 aromatic heterocycles. The largest absolute Gasteiger partial charge is 0.481 e. The van der Waals surface area contributed by atoms with E-state index < -0.39 is 5.97 Å². The third-order valence-corrected chi connectivity index (χ3v) is 2.71. The maximum atomic E-state index is 11.2. The first-order valence-corrected chi connectivity index (χ1v) is 5.10. The molecule has 0 radical (unpaired) electrons. The molecule has 0 aromatic carbocycles. The second kappa shape index (κ2) is 4.98. The molecule has 1 unspecified atom stereocenters. The number of hydrogen-bond acceptors (Lipinski definition) is 2. The number of nitrogens with zero attached hydrogens (tertiary/aromatic N) is 1. The lowest BCUT2D eigenvalue weighted by molar-refractivity contribution is -0.137. The first-order valence-electron chi connectivity index (χ1n) is 5.10. The van der Waals surface area contributed by atoms with E-state index in [1.807, 2.05) is 4.90 Å². The molecule has 1 aliphatic heterocycles. The molecule has 1 N–H and O–H groups in total. The van der Waals surface area contributed by atoms with Gasteiger partial charge in [-0.3, -0.25) is 9.59 Å². The fourth-order valence-electron chi connectivity index (χ4n) is 2.04. The normalized spacial score (nSPS) is 21.2. The highest BCUT2D eigenvalue weighted by atomic mass is 16.4. The van der Waals surface area contributed by atoms with Gasteiger partial charge in [-0.25, -0.2) is 0 Å². The number of aliphatic carboxylic acids is 1. The van der Waals surface area contributed by atoms with Crippen molar-refractivity contribution in [3.63, 3.8) is 0 Å². The van der Waals surface area contributed by atoms with Gasteiger partial charge < -0.3 is 10.0 Å². The predicted molar refractivity (Wildman–Crippen MR) is 51.9 cm³/mol. The van der Waals surface area contributed by atoms with Crippen molar-refractivity contribution in [2.75, 3.05) is 6.54 Å². The van der Waals surface area contributed by atoms with E-state index in [1.54, 1.807) is 6.92 Å². The highest BCUT2D eigenvalue weighted by molar-refractivity contribution is 5.73. The van der Waals surface area contributed by atoms with Gasteiger partial charge in [0, 0.05) is 25.9 Å². The Labute approximate surface area is 83.9 Å². The average molecular weight is 199 g/mol. The van der Waals surface area contributed by atoms with Crippen molar-refractivity contribution in [2.45, 2.75) is 45.1 Å². The Hall–Kier alpha value is -1.06. The number of carbonyl (C=O) groups excluding carboxylic acids is 1. The first kappa shape index (κ1) is 11.0. The van der Waals surface area contributed by atoms with Crippen LogP contribution in [0, 0.1) is 0 Å². The Morgan fingerprint density at radius 2 is 2.21 bits per heavy atom. The smallest absolute Gasteiger partial charge is 0.303 e. The van der Waals surface area contributed by atoms with Crippen LogP contribution in [0.5, 0.6) is 0 Å². The van der Waals surface area contributed by atoms with E-state index >= 15 is 0 Å². The Balaban J connectivity index is 2.29. The molecular formula is C10H17NO3. The zero-order valence-electron chi connectivity index (χ0n) is 8.53. The second-order valence-corrected chi connectivity index (χ2v) is 3.79. The van der Waals surface area contributed by atoms with Crippen molar-refractivity contribution in [1.29, 1.82) is 0 Å².